The summed E-state index contributed by atoms with van der Waals surface area (Å²) in [5, 5.41) is 4.30. The number of nitrogens with one attached hydrogen (secondary N) is 1. The molecular formula is C22H22N2O2. The van der Waals surface area contributed by atoms with Crippen LogP contribution in [0.25, 0.3) is 0 Å². The van der Waals surface area contributed by atoms with Crippen LogP contribution in [0.5, 0.6) is 11.5 Å². The number of methoxy groups -OCH3 is 1. The first-order valence-electron chi connectivity index (χ1n) is 8.45. The molecule has 4 heteroatoms. The molecule has 26 heavy (non-hydrogen) atoms. The molecule has 4 nitrogen and oxygen atoms in total. The molecule has 0 aliphatic carbocycles. The van der Waals surface area contributed by atoms with Gasteiger partial charge in [0.1, 0.15) is 6.61 Å². The van der Waals surface area contributed by atoms with E-state index in [1.807, 2.05) is 66.7 Å². The molecule has 0 aromatic heterocycles. The number of nitrogens with zero attached hydrogens (tertiary/aromatic N) is 1. The van der Waals surface area contributed by atoms with E-state index in [-0.39, 0.29) is 0 Å². The van der Waals surface area contributed by atoms with E-state index in [9.17, 15) is 0 Å². The fraction of sp³-hybridized carbons (Fsp3) is 0.136. The summed E-state index contributed by atoms with van der Waals surface area (Å²) in [5.41, 5.74) is 7.21. The second-order valence-electron chi connectivity index (χ2n) is 5.92. The Balaban J connectivity index is 1.69. The molecule has 0 atom stereocenters. The Kier molecular flexibility index (Phi) is 5.88. The minimum Gasteiger partial charge on any atom is -0.493 e. The van der Waals surface area contributed by atoms with Crippen LogP contribution in [0.3, 0.4) is 0 Å². The molecule has 0 amide bonds. The Hall–Kier alpha value is -3.27. The van der Waals surface area contributed by atoms with Crippen LogP contribution in [0.2, 0.25) is 0 Å². The average Bonchev–Trinajstić information content (AvgIpc) is 2.67. The molecule has 0 spiro atoms. The Morgan fingerprint density at radius 2 is 1.77 bits per heavy atom. The van der Waals surface area contributed by atoms with Gasteiger partial charge >= 0.3 is 0 Å². The third-order valence-electron chi connectivity index (χ3n) is 3.85. The highest BCUT2D eigenvalue weighted by Crippen LogP contribution is 2.28. The van der Waals surface area contributed by atoms with Crippen molar-refractivity contribution in [3.8, 4) is 11.5 Å². The van der Waals surface area contributed by atoms with Gasteiger partial charge in [0.15, 0.2) is 11.5 Å². The molecule has 0 unspecified atom stereocenters. The maximum Gasteiger partial charge on any atom is 0.162 e. The Morgan fingerprint density at radius 1 is 0.923 bits per heavy atom. The zero-order valence-electron chi connectivity index (χ0n) is 15.0. The van der Waals surface area contributed by atoms with Crippen LogP contribution >= 0.6 is 0 Å². The van der Waals surface area contributed by atoms with Crippen LogP contribution in [0, 0.1) is 6.92 Å². The van der Waals surface area contributed by atoms with Crippen molar-refractivity contribution in [2.75, 3.05) is 12.5 Å². The molecule has 0 radical (unpaired) electrons. The van der Waals surface area contributed by atoms with E-state index < -0.39 is 0 Å². The van der Waals surface area contributed by atoms with Crippen molar-refractivity contribution in [3.05, 3.63) is 89.5 Å². The molecule has 0 heterocycles. The monoisotopic (exact) mass is 346 g/mol. The Labute approximate surface area is 154 Å². The maximum atomic E-state index is 5.93. The fourth-order valence-corrected chi connectivity index (χ4v) is 2.52. The van der Waals surface area contributed by atoms with E-state index in [1.165, 1.54) is 5.56 Å². The third-order valence-corrected chi connectivity index (χ3v) is 3.85. The molecule has 0 aliphatic rings. The lowest BCUT2D eigenvalue weighted by atomic mass is 10.2. The molecule has 3 rings (SSSR count). The van der Waals surface area contributed by atoms with Crippen LogP contribution in [-0.4, -0.2) is 13.3 Å². The van der Waals surface area contributed by atoms with E-state index in [0.29, 0.717) is 18.1 Å². The van der Waals surface area contributed by atoms with Crippen LogP contribution in [0.15, 0.2) is 77.9 Å². The van der Waals surface area contributed by atoms with Gasteiger partial charge in [-0.3, -0.25) is 5.43 Å². The SMILES string of the molecule is COc1ccc(/C=N/Nc2cccc(C)c2)cc1OCc1ccccc1. The summed E-state index contributed by atoms with van der Waals surface area (Å²) >= 11 is 0. The van der Waals surface area contributed by atoms with Gasteiger partial charge in [-0.05, 0) is 53.9 Å². The third kappa shape index (κ3) is 4.86. The Morgan fingerprint density at radius 3 is 2.54 bits per heavy atom. The van der Waals surface area contributed by atoms with Crippen molar-refractivity contribution in [1.82, 2.24) is 0 Å². The lowest BCUT2D eigenvalue weighted by molar-refractivity contribution is 0.284. The number of hydrogen-bond acceptors (Lipinski definition) is 4. The van der Waals surface area contributed by atoms with Gasteiger partial charge in [0, 0.05) is 0 Å². The highest BCUT2D eigenvalue weighted by molar-refractivity contribution is 5.81. The van der Waals surface area contributed by atoms with Crippen LogP contribution in [0.1, 0.15) is 16.7 Å². The largest absolute Gasteiger partial charge is 0.493 e. The topological polar surface area (TPSA) is 42.8 Å². The quantitative estimate of drug-likeness (QED) is 0.482. The average molecular weight is 346 g/mol. The number of hydrogen-bond donors (Lipinski definition) is 1. The van der Waals surface area contributed by atoms with Crippen LogP contribution in [-0.2, 0) is 6.61 Å². The van der Waals surface area contributed by atoms with E-state index in [1.54, 1.807) is 13.3 Å². The first-order valence-corrected chi connectivity index (χ1v) is 8.45. The number of ether oxygens (including phenoxy) is 2. The van der Waals surface area contributed by atoms with Crippen molar-refractivity contribution in [1.29, 1.82) is 0 Å². The standard InChI is InChI=1S/C22H22N2O2/c1-17-7-6-10-20(13-17)24-23-15-19-11-12-21(25-2)22(14-19)26-16-18-8-4-3-5-9-18/h3-15,24H,16H2,1-2H3/b23-15+. The molecule has 3 aromatic rings. The van der Waals surface area contributed by atoms with Crippen LogP contribution < -0.4 is 14.9 Å². The summed E-state index contributed by atoms with van der Waals surface area (Å²) in [5.74, 6) is 1.39. The fourth-order valence-electron chi connectivity index (χ4n) is 2.52. The number of rotatable bonds is 7. The second kappa shape index (κ2) is 8.72. The molecular weight excluding hydrogens is 324 g/mol. The summed E-state index contributed by atoms with van der Waals surface area (Å²) in [6.07, 6.45) is 1.76. The summed E-state index contributed by atoms with van der Waals surface area (Å²) in [6.45, 7) is 2.54. The summed E-state index contributed by atoms with van der Waals surface area (Å²) in [6, 6.07) is 23.9. The molecule has 1 N–H and O–H groups in total. The molecule has 0 bridgehead atoms. The summed E-state index contributed by atoms with van der Waals surface area (Å²) in [7, 11) is 1.64. The van der Waals surface area contributed by atoms with E-state index in [2.05, 4.69) is 23.5 Å². The number of aryl methyl sites for hydroxylation is 1. The number of benzene rings is 3. The Bertz CT molecular complexity index is 876. The second-order valence-corrected chi connectivity index (χ2v) is 5.92. The van der Waals surface area contributed by atoms with Crippen molar-refractivity contribution in [3.63, 3.8) is 0 Å². The van der Waals surface area contributed by atoms with Gasteiger partial charge in [0.25, 0.3) is 0 Å². The van der Waals surface area contributed by atoms with Crippen molar-refractivity contribution >= 4 is 11.9 Å². The van der Waals surface area contributed by atoms with Gasteiger partial charge < -0.3 is 9.47 Å². The maximum absolute atomic E-state index is 5.93. The van der Waals surface area contributed by atoms with Crippen molar-refractivity contribution in [2.24, 2.45) is 5.10 Å². The van der Waals surface area contributed by atoms with E-state index in [0.717, 1.165) is 16.8 Å². The van der Waals surface area contributed by atoms with E-state index >= 15 is 0 Å². The lowest BCUT2D eigenvalue weighted by Crippen LogP contribution is -1.99. The predicted octanol–water partition coefficient (Wildman–Crippen LogP) is 5.03. The van der Waals surface area contributed by atoms with Gasteiger partial charge in [-0.15, -0.1) is 0 Å². The minimum absolute atomic E-state index is 0.485. The molecule has 0 aliphatic heterocycles. The van der Waals surface area contributed by atoms with Gasteiger partial charge in [0.2, 0.25) is 0 Å². The van der Waals surface area contributed by atoms with Crippen molar-refractivity contribution in [2.45, 2.75) is 13.5 Å². The smallest absolute Gasteiger partial charge is 0.162 e. The highest BCUT2D eigenvalue weighted by atomic mass is 16.5. The molecule has 0 saturated heterocycles. The molecule has 132 valence electrons. The number of anilines is 1. The zero-order valence-corrected chi connectivity index (χ0v) is 15.0. The van der Waals surface area contributed by atoms with Gasteiger partial charge in [-0.1, -0.05) is 42.5 Å². The van der Waals surface area contributed by atoms with E-state index in [4.69, 9.17) is 9.47 Å². The first kappa shape index (κ1) is 17.5. The number of hydrazone groups is 1. The van der Waals surface area contributed by atoms with Gasteiger partial charge in [-0.2, -0.15) is 5.10 Å². The lowest BCUT2D eigenvalue weighted by Gasteiger charge is -2.11. The van der Waals surface area contributed by atoms with Crippen molar-refractivity contribution < 1.29 is 9.47 Å². The predicted molar refractivity (Wildman–Crippen MR) is 106 cm³/mol. The highest BCUT2D eigenvalue weighted by Gasteiger charge is 2.05. The normalized spacial score (nSPS) is 10.7. The van der Waals surface area contributed by atoms with Crippen LogP contribution in [0.4, 0.5) is 5.69 Å². The molecule has 0 saturated carbocycles. The van der Waals surface area contributed by atoms with Gasteiger partial charge in [0.05, 0.1) is 19.0 Å². The summed E-state index contributed by atoms with van der Waals surface area (Å²) < 4.78 is 11.3. The molecule has 0 fully saturated rings. The van der Waals surface area contributed by atoms with Gasteiger partial charge in [-0.25, -0.2) is 0 Å². The summed E-state index contributed by atoms with van der Waals surface area (Å²) in [4.78, 5) is 0. The minimum atomic E-state index is 0.485. The molecule has 3 aromatic carbocycles. The first-order chi connectivity index (χ1) is 12.7. The zero-order chi connectivity index (χ0) is 18.2.